The number of halogens is 1. The van der Waals surface area contributed by atoms with Crippen LogP contribution in [-0.2, 0) is 16.1 Å². The summed E-state index contributed by atoms with van der Waals surface area (Å²) >= 11 is 0. The van der Waals surface area contributed by atoms with Crippen LogP contribution in [0.5, 0.6) is 0 Å². The van der Waals surface area contributed by atoms with E-state index in [-0.39, 0.29) is 29.9 Å². The van der Waals surface area contributed by atoms with Crippen molar-refractivity contribution in [2.24, 2.45) is 10.4 Å². The van der Waals surface area contributed by atoms with E-state index in [9.17, 15) is 4.79 Å². The van der Waals surface area contributed by atoms with Gasteiger partial charge in [-0.15, -0.1) is 24.0 Å². The molecule has 0 spiro atoms. The number of carbonyl (C=O) groups is 1. The minimum Gasteiger partial charge on any atom is -0.382 e. The van der Waals surface area contributed by atoms with Crippen LogP contribution in [0.1, 0.15) is 71.3 Å². The van der Waals surface area contributed by atoms with Crippen molar-refractivity contribution in [1.29, 1.82) is 0 Å². The van der Waals surface area contributed by atoms with Crippen LogP contribution in [0, 0.1) is 5.41 Å². The molecule has 31 heavy (non-hydrogen) atoms. The van der Waals surface area contributed by atoms with Gasteiger partial charge >= 0.3 is 0 Å². The number of hydrogen-bond acceptors (Lipinski definition) is 3. The van der Waals surface area contributed by atoms with Crippen molar-refractivity contribution in [3.05, 3.63) is 29.8 Å². The summed E-state index contributed by atoms with van der Waals surface area (Å²) in [7, 11) is 0. The summed E-state index contributed by atoms with van der Waals surface area (Å²) in [5.41, 5.74) is 2.22. The lowest BCUT2D eigenvalue weighted by atomic mass is 9.83. The van der Waals surface area contributed by atoms with Gasteiger partial charge in [0.05, 0.1) is 6.54 Å². The molecule has 0 unspecified atom stereocenters. The van der Waals surface area contributed by atoms with Crippen molar-refractivity contribution in [1.82, 2.24) is 10.6 Å². The third kappa shape index (κ3) is 10.2. The minimum absolute atomic E-state index is 0. The third-order valence-corrected chi connectivity index (χ3v) is 5.73. The van der Waals surface area contributed by atoms with E-state index < -0.39 is 0 Å². The van der Waals surface area contributed by atoms with Gasteiger partial charge in [-0.05, 0) is 62.6 Å². The van der Waals surface area contributed by atoms with E-state index in [0.29, 0.717) is 18.4 Å². The Morgan fingerprint density at radius 2 is 1.94 bits per heavy atom. The van der Waals surface area contributed by atoms with Gasteiger partial charge in [0, 0.05) is 38.4 Å². The van der Waals surface area contributed by atoms with Gasteiger partial charge in [-0.25, -0.2) is 4.99 Å². The molecule has 0 bridgehead atoms. The number of ether oxygens (including phenoxy) is 1. The average molecular weight is 545 g/mol. The van der Waals surface area contributed by atoms with Gasteiger partial charge < -0.3 is 20.7 Å². The van der Waals surface area contributed by atoms with Gasteiger partial charge in [-0.2, -0.15) is 0 Å². The number of aliphatic imine (C=N–C) groups is 1. The Morgan fingerprint density at radius 3 is 2.61 bits per heavy atom. The van der Waals surface area contributed by atoms with Crippen molar-refractivity contribution in [2.45, 2.75) is 72.3 Å². The van der Waals surface area contributed by atoms with Crippen LogP contribution >= 0.6 is 24.0 Å². The average Bonchev–Trinajstić information content (AvgIpc) is 3.20. The first-order valence-corrected chi connectivity index (χ1v) is 11.6. The fourth-order valence-corrected chi connectivity index (χ4v) is 4.05. The Bertz CT molecular complexity index is 675. The monoisotopic (exact) mass is 544 g/mol. The standard InChI is InChI=1S/C24H40N4O2.HI/c1-4-10-22(29)28-21-12-9-11-20(17-21)18-26-23(25-5-2)27-19-24(13-7-8-14-24)15-16-30-6-3;/h9,11-12,17H,4-8,10,13-16,18-19H2,1-3H3,(H,28,29)(H2,25,26,27);1H. The van der Waals surface area contributed by atoms with Crippen LogP contribution in [0.15, 0.2) is 29.3 Å². The summed E-state index contributed by atoms with van der Waals surface area (Å²) < 4.78 is 5.63. The number of anilines is 1. The van der Waals surface area contributed by atoms with Gasteiger partial charge in [0.2, 0.25) is 5.91 Å². The van der Waals surface area contributed by atoms with Crippen LogP contribution in [0.25, 0.3) is 0 Å². The lowest BCUT2D eigenvalue weighted by molar-refractivity contribution is -0.116. The number of hydrogen-bond donors (Lipinski definition) is 3. The Balaban J connectivity index is 0.00000480. The first-order chi connectivity index (χ1) is 14.6. The molecule has 1 aliphatic carbocycles. The molecule has 1 amide bonds. The largest absolute Gasteiger partial charge is 0.382 e. The van der Waals surface area contributed by atoms with E-state index in [1.54, 1.807) is 0 Å². The molecule has 0 atom stereocenters. The van der Waals surface area contributed by atoms with Gasteiger partial charge in [0.1, 0.15) is 0 Å². The first-order valence-electron chi connectivity index (χ1n) is 11.6. The summed E-state index contributed by atoms with van der Waals surface area (Å²) in [5, 5.41) is 9.90. The summed E-state index contributed by atoms with van der Waals surface area (Å²) in [6.45, 7) is 10.1. The zero-order valence-electron chi connectivity index (χ0n) is 19.5. The second-order valence-electron chi connectivity index (χ2n) is 8.20. The molecule has 1 aromatic rings. The van der Waals surface area contributed by atoms with Gasteiger partial charge in [0.15, 0.2) is 5.96 Å². The predicted molar refractivity (Wildman–Crippen MR) is 140 cm³/mol. The van der Waals surface area contributed by atoms with Gasteiger partial charge in [0.25, 0.3) is 0 Å². The van der Waals surface area contributed by atoms with E-state index in [1.807, 2.05) is 31.2 Å². The van der Waals surface area contributed by atoms with Crippen molar-refractivity contribution in [2.75, 3.05) is 31.6 Å². The van der Waals surface area contributed by atoms with E-state index in [1.165, 1.54) is 25.7 Å². The molecule has 1 aromatic carbocycles. The Morgan fingerprint density at radius 1 is 1.16 bits per heavy atom. The van der Waals surface area contributed by atoms with Crippen LogP contribution < -0.4 is 16.0 Å². The summed E-state index contributed by atoms with van der Waals surface area (Å²) in [4.78, 5) is 16.6. The van der Waals surface area contributed by atoms with E-state index in [2.05, 4.69) is 29.8 Å². The summed E-state index contributed by atoms with van der Waals surface area (Å²) in [6, 6.07) is 7.94. The molecule has 0 saturated heterocycles. The van der Waals surface area contributed by atoms with E-state index in [0.717, 1.165) is 56.4 Å². The highest BCUT2D eigenvalue weighted by atomic mass is 127. The maximum atomic E-state index is 11.8. The normalized spacial score (nSPS) is 15.3. The van der Waals surface area contributed by atoms with Crippen LogP contribution in [0.4, 0.5) is 5.69 Å². The highest BCUT2D eigenvalue weighted by molar-refractivity contribution is 14.0. The molecule has 0 aromatic heterocycles. The number of benzene rings is 1. The fraction of sp³-hybridized carbons (Fsp3) is 0.667. The quantitative estimate of drug-likeness (QED) is 0.148. The number of amides is 1. The Kier molecular flexibility index (Phi) is 13.8. The molecular weight excluding hydrogens is 503 g/mol. The lowest BCUT2D eigenvalue weighted by Gasteiger charge is -2.30. The molecule has 1 saturated carbocycles. The van der Waals surface area contributed by atoms with Crippen LogP contribution in [0.2, 0.25) is 0 Å². The van der Waals surface area contributed by atoms with Crippen molar-refractivity contribution < 1.29 is 9.53 Å². The molecule has 7 heteroatoms. The molecule has 0 aliphatic heterocycles. The first kappa shape index (κ1) is 27.7. The summed E-state index contributed by atoms with van der Waals surface area (Å²) in [6.07, 6.45) is 7.61. The molecule has 0 radical (unpaired) electrons. The Hall–Kier alpha value is -1.35. The van der Waals surface area contributed by atoms with E-state index >= 15 is 0 Å². The number of nitrogens with zero attached hydrogens (tertiary/aromatic N) is 1. The number of rotatable bonds is 12. The second kappa shape index (κ2) is 15.5. The van der Waals surface area contributed by atoms with Crippen LogP contribution in [-0.4, -0.2) is 38.2 Å². The highest BCUT2D eigenvalue weighted by Crippen LogP contribution is 2.40. The van der Waals surface area contributed by atoms with Crippen molar-refractivity contribution >= 4 is 41.5 Å². The highest BCUT2D eigenvalue weighted by Gasteiger charge is 2.33. The molecule has 1 aliphatic rings. The fourth-order valence-electron chi connectivity index (χ4n) is 4.05. The maximum Gasteiger partial charge on any atom is 0.224 e. The Labute approximate surface area is 205 Å². The molecule has 6 nitrogen and oxygen atoms in total. The van der Waals surface area contributed by atoms with Crippen LogP contribution in [0.3, 0.4) is 0 Å². The van der Waals surface area contributed by atoms with Gasteiger partial charge in [-0.1, -0.05) is 31.9 Å². The number of guanidine groups is 1. The zero-order chi connectivity index (χ0) is 21.7. The predicted octanol–water partition coefficient (Wildman–Crippen LogP) is 5.09. The molecule has 176 valence electrons. The van der Waals surface area contributed by atoms with Crippen molar-refractivity contribution in [3.63, 3.8) is 0 Å². The molecule has 3 N–H and O–H groups in total. The SMILES string of the molecule is CCCC(=O)Nc1cccc(CN=C(NCC)NCC2(CCOCC)CCCC2)c1.I. The zero-order valence-corrected chi connectivity index (χ0v) is 21.8. The molecule has 2 rings (SSSR count). The van der Waals surface area contributed by atoms with E-state index in [4.69, 9.17) is 9.73 Å². The number of carbonyl (C=O) groups excluding carboxylic acids is 1. The lowest BCUT2D eigenvalue weighted by Crippen LogP contribution is -2.43. The van der Waals surface area contributed by atoms with Crippen molar-refractivity contribution in [3.8, 4) is 0 Å². The molecular formula is C24H41IN4O2. The molecule has 1 fully saturated rings. The second-order valence-corrected chi connectivity index (χ2v) is 8.20. The number of nitrogens with one attached hydrogen (secondary N) is 3. The smallest absolute Gasteiger partial charge is 0.224 e. The maximum absolute atomic E-state index is 11.8. The summed E-state index contributed by atoms with van der Waals surface area (Å²) in [5.74, 6) is 0.905. The third-order valence-electron chi connectivity index (χ3n) is 5.73. The van der Waals surface area contributed by atoms with Gasteiger partial charge in [-0.3, -0.25) is 4.79 Å². The minimum atomic E-state index is 0. The topological polar surface area (TPSA) is 74.8 Å². The molecule has 0 heterocycles.